The van der Waals surface area contributed by atoms with E-state index >= 15 is 0 Å². The number of carbonyl (C=O) groups excluding carboxylic acids is 1. The Morgan fingerprint density at radius 1 is 1.30 bits per heavy atom. The number of nitrogens with one attached hydrogen (secondary N) is 1. The number of hydrogen-bond donors (Lipinski definition) is 1. The first kappa shape index (κ1) is 15.4. The Hall–Kier alpha value is -1.00. The first-order valence-electron chi connectivity index (χ1n) is 7.29. The first-order chi connectivity index (χ1) is 9.58. The van der Waals surface area contributed by atoms with Gasteiger partial charge in [-0.15, -0.1) is 11.8 Å². The lowest BCUT2D eigenvalue weighted by atomic mass is 10.1. The van der Waals surface area contributed by atoms with E-state index < -0.39 is 0 Å². The van der Waals surface area contributed by atoms with Crippen molar-refractivity contribution in [1.82, 2.24) is 10.2 Å². The number of nitrogens with zero attached hydrogens (tertiary/aromatic N) is 1. The van der Waals surface area contributed by atoms with Gasteiger partial charge in [0.05, 0.1) is 6.04 Å². The molecule has 1 saturated heterocycles. The summed E-state index contributed by atoms with van der Waals surface area (Å²) in [6, 6.07) is 8.44. The molecule has 1 aliphatic heterocycles. The Labute approximate surface area is 126 Å². The Morgan fingerprint density at radius 2 is 1.95 bits per heavy atom. The maximum Gasteiger partial charge on any atom is 0.241 e. The van der Waals surface area contributed by atoms with Crippen LogP contribution in [0.5, 0.6) is 0 Å². The van der Waals surface area contributed by atoms with E-state index in [1.54, 1.807) is 11.8 Å². The summed E-state index contributed by atoms with van der Waals surface area (Å²) in [6.45, 7) is 7.12. The molecule has 4 heteroatoms. The van der Waals surface area contributed by atoms with Gasteiger partial charge in [0.15, 0.2) is 0 Å². The normalized spacial score (nSPS) is 22.9. The highest BCUT2D eigenvalue weighted by molar-refractivity contribution is 7.98. The minimum atomic E-state index is -0.0632. The van der Waals surface area contributed by atoms with Gasteiger partial charge in [-0.05, 0) is 36.3 Å². The lowest BCUT2D eigenvalue weighted by molar-refractivity contribution is -0.130. The lowest BCUT2D eigenvalue weighted by Gasteiger charge is -2.24. The molecule has 110 valence electrons. The average Bonchev–Trinajstić information content (AvgIpc) is 2.77. The zero-order valence-electron chi connectivity index (χ0n) is 12.7. The first-order valence-corrected chi connectivity index (χ1v) is 8.51. The van der Waals surface area contributed by atoms with Gasteiger partial charge < -0.3 is 4.90 Å². The van der Waals surface area contributed by atoms with Gasteiger partial charge in [0.2, 0.25) is 5.91 Å². The third kappa shape index (κ3) is 3.01. The number of amides is 1. The molecule has 1 aliphatic rings. The maximum atomic E-state index is 12.5. The van der Waals surface area contributed by atoms with Crippen LogP contribution >= 0.6 is 11.8 Å². The summed E-state index contributed by atoms with van der Waals surface area (Å²) in [5, 5.41) is 3.50. The summed E-state index contributed by atoms with van der Waals surface area (Å²) in [4.78, 5) is 15.7. The second-order valence-electron chi connectivity index (χ2n) is 5.60. The SMILES string of the molecule is CCCN1C(=O)C(C(C)C)NC1c1ccc(SC)cc1. The number of hydrogen-bond acceptors (Lipinski definition) is 3. The second kappa shape index (κ2) is 6.64. The predicted molar refractivity (Wildman–Crippen MR) is 84.7 cm³/mol. The van der Waals surface area contributed by atoms with Crippen LogP contribution in [0.4, 0.5) is 0 Å². The van der Waals surface area contributed by atoms with Gasteiger partial charge in [-0.2, -0.15) is 0 Å². The van der Waals surface area contributed by atoms with Crippen LogP contribution in [0, 0.1) is 5.92 Å². The van der Waals surface area contributed by atoms with E-state index in [4.69, 9.17) is 0 Å². The zero-order valence-corrected chi connectivity index (χ0v) is 13.5. The molecule has 1 fully saturated rings. The minimum absolute atomic E-state index is 0.0192. The molecule has 0 aliphatic carbocycles. The molecule has 2 rings (SSSR count). The molecule has 1 aromatic rings. The van der Waals surface area contributed by atoms with Gasteiger partial charge >= 0.3 is 0 Å². The Morgan fingerprint density at radius 3 is 2.45 bits per heavy atom. The van der Waals surface area contributed by atoms with Crippen molar-refractivity contribution in [2.75, 3.05) is 12.8 Å². The summed E-state index contributed by atoms with van der Waals surface area (Å²) < 4.78 is 0. The fraction of sp³-hybridized carbons (Fsp3) is 0.562. The van der Waals surface area contributed by atoms with Gasteiger partial charge in [-0.25, -0.2) is 0 Å². The summed E-state index contributed by atoms with van der Waals surface area (Å²) in [5.41, 5.74) is 1.17. The van der Waals surface area contributed by atoms with Gasteiger partial charge in [-0.3, -0.25) is 10.1 Å². The summed E-state index contributed by atoms with van der Waals surface area (Å²) in [6.07, 6.45) is 3.08. The quantitative estimate of drug-likeness (QED) is 0.845. The molecule has 0 bridgehead atoms. The van der Waals surface area contributed by atoms with Crippen LogP contribution in [-0.4, -0.2) is 29.6 Å². The van der Waals surface area contributed by atoms with Crippen molar-refractivity contribution < 1.29 is 4.79 Å². The molecule has 3 nitrogen and oxygen atoms in total. The molecule has 20 heavy (non-hydrogen) atoms. The van der Waals surface area contributed by atoms with Gasteiger partial charge in [0, 0.05) is 11.4 Å². The Balaban J connectivity index is 2.25. The molecule has 0 spiro atoms. The van der Waals surface area contributed by atoms with E-state index in [2.05, 4.69) is 56.6 Å². The maximum absolute atomic E-state index is 12.5. The van der Waals surface area contributed by atoms with E-state index in [1.807, 2.05) is 4.90 Å². The molecule has 0 aromatic heterocycles. The molecule has 2 unspecified atom stereocenters. The lowest BCUT2D eigenvalue weighted by Crippen LogP contribution is -2.34. The number of thioether (sulfide) groups is 1. The van der Waals surface area contributed by atoms with Crippen LogP contribution in [0.15, 0.2) is 29.2 Å². The topological polar surface area (TPSA) is 32.3 Å². The van der Waals surface area contributed by atoms with Gasteiger partial charge in [-0.1, -0.05) is 32.9 Å². The molecule has 1 heterocycles. The third-order valence-corrected chi connectivity index (χ3v) is 4.50. The monoisotopic (exact) mass is 292 g/mol. The van der Waals surface area contributed by atoms with Gasteiger partial charge in [0.1, 0.15) is 6.17 Å². The largest absolute Gasteiger partial charge is 0.322 e. The van der Waals surface area contributed by atoms with E-state index in [9.17, 15) is 4.79 Å². The Bertz CT molecular complexity index is 458. The molecule has 1 N–H and O–H groups in total. The highest BCUT2D eigenvalue weighted by Crippen LogP contribution is 2.29. The zero-order chi connectivity index (χ0) is 14.7. The molecule has 1 aromatic carbocycles. The standard InChI is InChI=1S/C16H24N2OS/c1-5-10-18-15(17-14(11(2)3)16(18)19)12-6-8-13(20-4)9-7-12/h6-9,11,14-15,17H,5,10H2,1-4H3. The molecule has 2 atom stereocenters. The Kier molecular flexibility index (Phi) is 5.11. The molecular formula is C16H24N2OS. The van der Waals surface area contributed by atoms with Crippen molar-refractivity contribution in [1.29, 1.82) is 0 Å². The van der Waals surface area contributed by atoms with E-state index in [1.165, 1.54) is 10.5 Å². The summed E-state index contributed by atoms with van der Waals surface area (Å²) in [7, 11) is 0. The van der Waals surface area contributed by atoms with E-state index in [0.717, 1.165) is 13.0 Å². The summed E-state index contributed by atoms with van der Waals surface area (Å²) in [5.74, 6) is 0.554. The van der Waals surface area contributed by atoms with Crippen molar-refractivity contribution in [3.8, 4) is 0 Å². The van der Waals surface area contributed by atoms with E-state index in [-0.39, 0.29) is 18.1 Å². The van der Waals surface area contributed by atoms with Crippen LogP contribution in [0.25, 0.3) is 0 Å². The van der Waals surface area contributed by atoms with Crippen molar-refractivity contribution in [3.63, 3.8) is 0 Å². The smallest absolute Gasteiger partial charge is 0.241 e. The summed E-state index contributed by atoms with van der Waals surface area (Å²) >= 11 is 1.74. The predicted octanol–water partition coefficient (Wildman–Crippen LogP) is 3.27. The third-order valence-electron chi connectivity index (χ3n) is 3.76. The van der Waals surface area contributed by atoms with Crippen LogP contribution in [0.2, 0.25) is 0 Å². The van der Waals surface area contributed by atoms with Crippen LogP contribution in [0.3, 0.4) is 0 Å². The average molecular weight is 292 g/mol. The second-order valence-corrected chi connectivity index (χ2v) is 6.48. The number of rotatable bonds is 5. The number of carbonyl (C=O) groups is 1. The van der Waals surface area contributed by atoms with Crippen molar-refractivity contribution >= 4 is 17.7 Å². The van der Waals surface area contributed by atoms with E-state index in [0.29, 0.717) is 5.92 Å². The fourth-order valence-corrected chi connectivity index (χ4v) is 3.07. The van der Waals surface area contributed by atoms with Crippen LogP contribution < -0.4 is 5.32 Å². The molecular weight excluding hydrogens is 268 g/mol. The highest BCUT2D eigenvalue weighted by atomic mass is 32.2. The molecule has 0 saturated carbocycles. The minimum Gasteiger partial charge on any atom is -0.322 e. The van der Waals surface area contributed by atoms with Gasteiger partial charge in [0.25, 0.3) is 0 Å². The molecule has 0 radical (unpaired) electrons. The van der Waals surface area contributed by atoms with Crippen molar-refractivity contribution in [2.24, 2.45) is 5.92 Å². The van der Waals surface area contributed by atoms with Crippen molar-refractivity contribution in [2.45, 2.75) is 44.3 Å². The van der Waals surface area contributed by atoms with Crippen LogP contribution in [0.1, 0.15) is 38.9 Å². The van der Waals surface area contributed by atoms with Crippen LogP contribution in [-0.2, 0) is 4.79 Å². The molecule has 1 amide bonds. The highest BCUT2D eigenvalue weighted by Gasteiger charge is 2.40. The fourth-order valence-electron chi connectivity index (χ4n) is 2.66. The number of benzene rings is 1. The van der Waals surface area contributed by atoms with Crippen molar-refractivity contribution in [3.05, 3.63) is 29.8 Å².